The maximum Gasteiger partial charge on any atom is 0.248 e. The van der Waals surface area contributed by atoms with Crippen LogP contribution in [0.25, 0.3) is 11.0 Å². The first-order valence-corrected chi connectivity index (χ1v) is 11.7. The van der Waals surface area contributed by atoms with Gasteiger partial charge in [-0.1, -0.05) is 19.3 Å². The van der Waals surface area contributed by atoms with E-state index in [1.54, 1.807) is 10.6 Å². The highest BCUT2D eigenvalue weighted by atomic mass is 32.2. The summed E-state index contributed by atoms with van der Waals surface area (Å²) in [4.78, 5) is 21.4. The Labute approximate surface area is 183 Å². The molecule has 3 heterocycles. The van der Waals surface area contributed by atoms with Crippen molar-refractivity contribution in [3.05, 3.63) is 47.4 Å². The molecule has 1 atom stereocenters. The molecule has 3 aromatic rings. The number of nitrogens with one attached hydrogen (secondary N) is 1. The number of nitrogens with zero attached hydrogens (tertiary/aromatic N) is 4. The number of anilines is 2. The fourth-order valence-corrected chi connectivity index (χ4v) is 5.17. The molecule has 0 saturated heterocycles. The smallest absolute Gasteiger partial charge is 0.248 e. The fourth-order valence-electron chi connectivity index (χ4n) is 4.66. The second-order valence-electron chi connectivity index (χ2n) is 8.16. The van der Waals surface area contributed by atoms with Gasteiger partial charge in [-0.05, 0) is 43.2 Å². The Hall–Kier alpha value is -3.06. The molecule has 2 aliphatic rings. The second kappa shape index (κ2) is 7.24. The number of primary sulfonamides is 1. The van der Waals surface area contributed by atoms with Gasteiger partial charge in [0.25, 0.3) is 0 Å². The zero-order valence-electron chi connectivity index (χ0n) is 16.9. The van der Waals surface area contributed by atoms with Crippen molar-refractivity contribution in [2.45, 2.75) is 48.8 Å². The van der Waals surface area contributed by atoms with Crippen molar-refractivity contribution in [3.8, 4) is 0 Å². The molecule has 1 unspecified atom stereocenters. The first kappa shape index (κ1) is 20.8. The van der Waals surface area contributed by atoms with Crippen molar-refractivity contribution in [1.29, 1.82) is 0 Å². The van der Waals surface area contributed by atoms with Crippen molar-refractivity contribution in [2.24, 2.45) is 5.14 Å². The Morgan fingerprint density at radius 3 is 2.56 bits per heavy atom. The quantitative estimate of drug-likeness (QED) is 0.497. The highest BCUT2D eigenvalue weighted by molar-refractivity contribution is 7.89. The largest absolute Gasteiger partial charge is 0.752 e. The van der Waals surface area contributed by atoms with Gasteiger partial charge in [-0.2, -0.15) is 4.98 Å². The van der Waals surface area contributed by atoms with Gasteiger partial charge in [-0.25, -0.2) is 18.5 Å². The molecule has 1 spiro atoms. The molecule has 11 nitrogen and oxygen atoms in total. The van der Waals surface area contributed by atoms with Crippen LogP contribution in [0, 0.1) is 5.21 Å². The summed E-state index contributed by atoms with van der Waals surface area (Å²) < 4.78 is 24.6. The van der Waals surface area contributed by atoms with Gasteiger partial charge in [0.05, 0.1) is 10.6 Å². The van der Waals surface area contributed by atoms with Crippen LogP contribution in [0.5, 0.6) is 0 Å². The first-order valence-electron chi connectivity index (χ1n) is 10.2. The van der Waals surface area contributed by atoms with Gasteiger partial charge in [0.15, 0.2) is 6.23 Å². The summed E-state index contributed by atoms with van der Waals surface area (Å²) in [5.74, 6) is -0.430. The molecule has 12 heteroatoms. The number of aliphatic hydroxyl groups is 1. The number of aliphatic hydroxyl groups excluding tert-OH is 1. The summed E-state index contributed by atoms with van der Waals surface area (Å²) in [6.07, 6.45) is 4.27. The number of aromatic nitrogens is 3. The predicted octanol–water partition coefficient (Wildman–Crippen LogP) is 1.49. The zero-order valence-corrected chi connectivity index (χ0v) is 17.7. The minimum Gasteiger partial charge on any atom is -0.752 e. The van der Waals surface area contributed by atoms with Crippen LogP contribution in [0.3, 0.4) is 0 Å². The van der Waals surface area contributed by atoms with E-state index in [-0.39, 0.29) is 22.4 Å². The molecule has 168 valence electrons. The van der Waals surface area contributed by atoms with Crippen molar-refractivity contribution in [2.75, 3.05) is 5.06 Å². The van der Waals surface area contributed by atoms with Gasteiger partial charge in [-0.3, -0.25) is 4.79 Å². The maximum atomic E-state index is 13.0. The number of carbonyl (C=O) groups is 1. The summed E-state index contributed by atoms with van der Waals surface area (Å²) in [6.45, 7) is 0. The summed E-state index contributed by atoms with van der Waals surface area (Å²) >= 11 is 0. The van der Waals surface area contributed by atoms with E-state index in [1.165, 1.54) is 30.5 Å². The second-order valence-corrected chi connectivity index (χ2v) is 9.72. The van der Waals surface area contributed by atoms with Crippen molar-refractivity contribution < 1.29 is 18.3 Å². The number of carbonyl (C=O) groups excluding carboxylic acids is 1. The molecular weight excluding hydrogens is 436 g/mol. The van der Waals surface area contributed by atoms with Gasteiger partial charge < -0.3 is 25.3 Å². The molecule has 2 aromatic heterocycles. The van der Waals surface area contributed by atoms with Crippen LogP contribution < -0.4 is 15.5 Å². The van der Waals surface area contributed by atoms with Crippen LogP contribution >= 0.6 is 0 Å². The SMILES string of the molecule is NS(=O)(=O)c1ccc(N([O-])c2ncc3cc4n(c3n2)C2(CCCCC2)C(=O)NC4O)cc1. The molecule has 1 fully saturated rings. The van der Waals surface area contributed by atoms with Crippen molar-refractivity contribution >= 4 is 38.6 Å². The molecular formula is C20H21N6O5S-. The minimum atomic E-state index is -3.88. The van der Waals surface area contributed by atoms with E-state index < -0.39 is 21.8 Å². The molecule has 1 aliphatic heterocycles. The lowest BCUT2D eigenvalue weighted by Gasteiger charge is -2.43. The lowest BCUT2D eigenvalue weighted by Crippen LogP contribution is -2.55. The van der Waals surface area contributed by atoms with Crippen LogP contribution in [0.1, 0.15) is 44.0 Å². The molecule has 0 radical (unpaired) electrons. The zero-order chi connectivity index (χ0) is 22.7. The van der Waals surface area contributed by atoms with Gasteiger partial charge in [-0.15, -0.1) is 0 Å². The summed E-state index contributed by atoms with van der Waals surface area (Å²) in [5, 5.41) is 32.2. The summed E-state index contributed by atoms with van der Waals surface area (Å²) in [7, 11) is -3.88. The van der Waals surface area contributed by atoms with Gasteiger partial charge in [0.1, 0.15) is 11.2 Å². The molecule has 0 bridgehead atoms. The summed E-state index contributed by atoms with van der Waals surface area (Å²) in [5.41, 5.74) is 0.142. The third-order valence-electron chi connectivity index (χ3n) is 6.22. The first-order chi connectivity index (χ1) is 15.2. The number of fused-ring (bicyclic) bond motifs is 4. The Kier molecular flexibility index (Phi) is 4.71. The number of nitrogens with two attached hydrogens (primary N) is 1. The standard InChI is InChI=1S/C20H21N6O5S/c21-32(30,31)14-6-4-13(5-7-14)26(29)19-22-11-12-10-15-17(27)24-18(28)20(8-2-1-3-9-20)25(15)16(12)23-19/h4-7,10-11,17,27H,1-3,8-9H2,(H,24,28)(H2,21,30,31)/q-1. The normalized spacial score (nSPS) is 20.2. The molecule has 1 aliphatic carbocycles. The average molecular weight is 457 g/mol. The van der Waals surface area contributed by atoms with Crippen LogP contribution in [0.2, 0.25) is 0 Å². The number of amides is 1. The van der Waals surface area contributed by atoms with Crippen molar-refractivity contribution in [1.82, 2.24) is 19.9 Å². The Balaban J connectivity index is 1.61. The predicted molar refractivity (Wildman–Crippen MR) is 115 cm³/mol. The van der Waals surface area contributed by atoms with E-state index in [9.17, 15) is 23.5 Å². The van der Waals surface area contributed by atoms with E-state index in [2.05, 4.69) is 15.3 Å². The summed E-state index contributed by atoms with van der Waals surface area (Å²) in [6, 6.07) is 6.80. The molecule has 1 amide bonds. The number of hydrogen-bond acceptors (Lipinski definition) is 8. The average Bonchev–Trinajstić information content (AvgIpc) is 3.17. The number of hydrogen-bond donors (Lipinski definition) is 3. The minimum absolute atomic E-state index is 0.118. The molecule has 4 N–H and O–H groups in total. The van der Waals surface area contributed by atoms with E-state index >= 15 is 0 Å². The maximum absolute atomic E-state index is 13.0. The lowest BCUT2D eigenvalue weighted by atomic mass is 9.79. The monoisotopic (exact) mass is 457 g/mol. The highest BCUT2D eigenvalue weighted by Crippen LogP contribution is 2.43. The van der Waals surface area contributed by atoms with Crippen molar-refractivity contribution in [3.63, 3.8) is 0 Å². The number of sulfonamides is 1. The van der Waals surface area contributed by atoms with Gasteiger partial charge in [0, 0.05) is 17.3 Å². The van der Waals surface area contributed by atoms with Crippen LogP contribution in [-0.2, 0) is 20.4 Å². The van der Waals surface area contributed by atoms with E-state index in [0.29, 0.717) is 34.6 Å². The molecule has 1 aromatic carbocycles. The van der Waals surface area contributed by atoms with Crippen LogP contribution in [-0.4, -0.2) is 34.0 Å². The number of benzene rings is 1. The highest BCUT2D eigenvalue weighted by Gasteiger charge is 2.48. The topological polar surface area (TPSA) is 166 Å². The lowest BCUT2D eigenvalue weighted by molar-refractivity contribution is -0.138. The van der Waals surface area contributed by atoms with Gasteiger partial charge in [0.2, 0.25) is 21.9 Å². The van der Waals surface area contributed by atoms with Crippen LogP contribution in [0.15, 0.2) is 41.4 Å². The Morgan fingerprint density at radius 2 is 1.91 bits per heavy atom. The number of rotatable bonds is 3. The van der Waals surface area contributed by atoms with Gasteiger partial charge >= 0.3 is 0 Å². The molecule has 5 rings (SSSR count). The third-order valence-corrected chi connectivity index (χ3v) is 7.15. The van der Waals surface area contributed by atoms with E-state index in [0.717, 1.165) is 19.3 Å². The van der Waals surface area contributed by atoms with E-state index in [4.69, 9.17) is 5.14 Å². The molecule has 1 saturated carbocycles. The Morgan fingerprint density at radius 1 is 1.22 bits per heavy atom. The van der Waals surface area contributed by atoms with Crippen LogP contribution in [0.4, 0.5) is 11.6 Å². The third kappa shape index (κ3) is 3.14. The fraction of sp³-hybridized carbons (Fsp3) is 0.350. The molecule has 32 heavy (non-hydrogen) atoms. The van der Waals surface area contributed by atoms with E-state index in [1.807, 2.05) is 0 Å². The Bertz CT molecular complexity index is 1310.